The molecule has 1 N–H and O–H groups in total. The van der Waals surface area contributed by atoms with Gasteiger partial charge in [0, 0.05) is 25.4 Å². The predicted octanol–water partition coefficient (Wildman–Crippen LogP) is 6.11. The summed E-state index contributed by atoms with van der Waals surface area (Å²) < 4.78 is 22.1. The number of rotatable bonds is 17. The Kier molecular flexibility index (Phi) is 15.8. The van der Waals surface area contributed by atoms with Crippen LogP contribution in [0.5, 0.6) is 0 Å². The number of fused-ring (bicyclic) bond motifs is 3. The van der Waals surface area contributed by atoms with E-state index in [0.29, 0.717) is 6.42 Å². The molecule has 0 bridgehead atoms. The first-order valence-corrected chi connectivity index (χ1v) is 20.5. The van der Waals surface area contributed by atoms with Gasteiger partial charge in [0.05, 0.1) is 25.3 Å². The third-order valence-electron chi connectivity index (χ3n) is 9.87. The van der Waals surface area contributed by atoms with E-state index in [0.717, 1.165) is 22.3 Å². The molecule has 1 saturated heterocycles. The van der Waals surface area contributed by atoms with Crippen LogP contribution in [0.1, 0.15) is 118 Å². The molecule has 0 unspecified atom stereocenters. The predicted molar refractivity (Wildman–Crippen MR) is 219 cm³/mol. The Hall–Kier alpha value is -5.27. The zero-order chi connectivity index (χ0) is 43.7. The first-order chi connectivity index (χ1) is 27.6. The second-order valence-corrected chi connectivity index (χ2v) is 17.6. The number of carbonyl (C=O) groups is 7. The van der Waals surface area contributed by atoms with Gasteiger partial charge in [-0.3, -0.25) is 33.7 Å². The van der Waals surface area contributed by atoms with Crippen LogP contribution in [0.15, 0.2) is 48.5 Å². The fourth-order valence-electron chi connectivity index (χ4n) is 7.24. The fraction of sp³-hybridized carbons (Fsp3) is 0.578. The summed E-state index contributed by atoms with van der Waals surface area (Å²) >= 11 is 0. The van der Waals surface area contributed by atoms with Gasteiger partial charge < -0.3 is 29.2 Å². The van der Waals surface area contributed by atoms with Crippen molar-refractivity contribution in [2.24, 2.45) is 5.92 Å². The number of ketones is 1. The second kappa shape index (κ2) is 20.1. The maximum atomic E-state index is 14.1. The number of hydrogen-bond acceptors (Lipinski definition) is 11. The van der Waals surface area contributed by atoms with Crippen molar-refractivity contribution in [2.45, 2.75) is 136 Å². The molecule has 0 radical (unpaired) electrons. The smallest absolute Gasteiger partial charge is 0.410 e. The zero-order valence-corrected chi connectivity index (χ0v) is 36.0. The number of amides is 3. The Bertz CT molecular complexity index is 1820. The Morgan fingerprint density at radius 3 is 1.86 bits per heavy atom. The van der Waals surface area contributed by atoms with Crippen LogP contribution in [0, 0.1) is 5.92 Å². The van der Waals surface area contributed by atoms with Gasteiger partial charge in [0.25, 0.3) is 0 Å². The molecular weight excluding hydrogens is 759 g/mol. The van der Waals surface area contributed by atoms with E-state index >= 15 is 0 Å². The van der Waals surface area contributed by atoms with Crippen molar-refractivity contribution >= 4 is 41.6 Å². The highest BCUT2D eigenvalue weighted by atomic mass is 16.6. The van der Waals surface area contributed by atoms with Crippen LogP contribution in [-0.4, -0.2) is 107 Å². The summed E-state index contributed by atoms with van der Waals surface area (Å²) in [6.07, 6.45) is -1.98. The number of Topliss-reactive ketones (excluding diaryl/α,β-unsaturated/α-hetero) is 1. The van der Waals surface area contributed by atoms with E-state index in [9.17, 15) is 33.6 Å². The molecule has 2 aromatic rings. The monoisotopic (exact) mass is 819 g/mol. The summed E-state index contributed by atoms with van der Waals surface area (Å²) in [5.41, 5.74) is 2.69. The topological polar surface area (TPSA) is 175 Å². The number of esters is 3. The maximum absolute atomic E-state index is 14.1. The SMILES string of the molecule is CC[C@H](CC(=O)OC(C)(C)C)OC(=O)CCC(=O)[C@@H](CC(C)C)NC(=O)[C@H](CC(=O)OC(C)(C)C)N1CCN(C(=O)OCC2c3ccccc3-c3ccccc32)CC1=O. The molecule has 59 heavy (non-hydrogen) atoms. The molecule has 14 nitrogen and oxygen atoms in total. The van der Waals surface area contributed by atoms with Crippen molar-refractivity contribution in [1.29, 1.82) is 0 Å². The average molecular weight is 820 g/mol. The van der Waals surface area contributed by atoms with Gasteiger partial charge in [-0.1, -0.05) is 69.3 Å². The lowest BCUT2D eigenvalue weighted by Crippen LogP contribution is -2.60. The molecule has 2 aromatic carbocycles. The number of nitrogens with zero attached hydrogens (tertiary/aromatic N) is 2. The largest absolute Gasteiger partial charge is 0.462 e. The van der Waals surface area contributed by atoms with Crippen LogP contribution in [0.2, 0.25) is 0 Å². The summed E-state index contributed by atoms with van der Waals surface area (Å²) in [4.78, 5) is 95.4. The van der Waals surface area contributed by atoms with Crippen LogP contribution in [0.4, 0.5) is 4.79 Å². The molecule has 3 atom stereocenters. The third kappa shape index (κ3) is 13.6. The standard InChI is InChI=1S/C45H61N3O11/c1-10-29(24-40(52)58-44(4,5)6)57-39(51)20-19-37(49)35(23-28(2)3)46-42(54)36(25-41(53)59-45(7,8)9)48-22-21-47(26-38(48)50)43(55)56-27-34-32-17-13-11-15-30(32)31-16-12-14-18-33(31)34/h11-18,28-29,34-36H,10,19-27H2,1-9H3,(H,46,54)/t29-,35-,36+/m1/s1. The molecule has 0 aromatic heterocycles. The van der Waals surface area contributed by atoms with E-state index in [1.165, 1.54) is 9.80 Å². The highest BCUT2D eigenvalue weighted by molar-refractivity contribution is 5.96. The molecule has 1 fully saturated rings. The fourth-order valence-corrected chi connectivity index (χ4v) is 7.24. The average Bonchev–Trinajstić information content (AvgIpc) is 3.46. The summed E-state index contributed by atoms with van der Waals surface area (Å²) in [7, 11) is 0. The van der Waals surface area contributed by atoms with Gasteiger partial charge in [-0.15, -0.1) is 0 Å². The Labute approximate surface area is 347 Å². The Balaban J connectivity index is 1.41. The van der Waals surface area contributed by atoms with Gasteiger partial charge >= 0.3 is 24.0 Å². The number of ether oxygens (including phenoxy) is 4. The van der Waals surface area contributed by atoms with Crippen molar-refractivity contribution in [3.63, 3.8) is 0 Å². The highest BCUT2D eigenvalue weighted by Crippen LogP contribution is 2.44. The molecule has 4 rings (SSSR count). The van der Waals surface area contributed by atoms with Crippen LogP contribution in [-0.2, 0) is 47.7 Å². The van der Waals surface area contributed by atoms with Crippen molar-refractivity contribution in [3.05, 3.63) is 59.7 Å². The second-order valence-electron chi connectivity index (χ2n) is 17.6. The number of hydrogen-bond donors (Lipinski definition) is 1. The lowest BCUT2D eigenvalue weighted by molar-refractivity contribution is -0.162. The van der Waals surface area contributed by atoms with E-state index in [4.69, 9.17) is 18.9 Å². The van der Waals surface area contributed by atoms with Crippen molar-refractivity contribution in [3.8, 4) is 11.1 Å². The minimum atomic E-state index is -1.35. The first kappa shape index (κ1) is 46.4. The molecule has 1 aliphatic carbocycles. The molecule has 2 aliphatic rings. The van der Waals surface area contributed by atoms with Crippen molar-refractivity contribution < 1.29 is 52.5 Å². The first-order valence-electron chi connectivity index (χ1n) is 20.5. The zero-order valence-electron chi connectivity index (χ0n) is 36.0. The number of piperazine rings is 1. The molecule has 0 spiro atoms. The highest BCUT2D eigenvalue weighted by Gasteiger charge is 2.40. The van der Waals surface area contributed by atoms with Crippen LogP contribution in [0.3, 0.4) is 0 Å². The summed E-state index contributed by atoms with van der Waals surface area (Å²) in [6.45, 7) is 15.4. The van der Waals surface area contributed by atoms with Gasteiger partial charge in [0.1, 0.15) is 36.5 Å². The molecule has 1 heterocycles. The van der Waals surface area contributed by atoms with E-state index < -0.39 is 84.0 Å². The van der Waals surface area contributed by atoms with Gasteiger partial charge in [0.15, 0.2) is 5.78 Å². The van der Waals surface area contributed by atoms with Gasteiger partial charge in [-0.25, -0.2) is 4.79 Å². The van der Waals surface area contributed by atoms with Crippen molar-refractivity contribution in [2.75, 3.05) is 26.2 Å². The normalized spacial score (nSPS) is 15.7. The Morgan fingerprint density at radius 2 is 1.34 bits per heavy atom. The van der Waals surface area contributed by atoms with E-state index in [2.05, 4.69) is 5.32 Å². The summed E-state index contributed by atoms with van der Waals surface area (Å²) in [5, 5.41) is 2.75. The molecule has 14 heteroatoms. The quantitative estimate of drug-likeness (QED) is 0.144. The minimum Gasteiger partial charge on any atom is -0.462 e. The molecule has 3 amide bonds. The van der Waals surface area contributed by atoms with Crippen LogP contribution < -0.4 is 5.32 Å². The van der Waals surface area contributed by atoms with E-state index in [1.54, 1.807) is 48.5 Å². The van der Waals surface area contributed by atoms with Crippen molar-refractivity contribution in [1.82, 2.24) is 15.1 Å². The number of nitrogens with one attached hydrogen (secondary N) is 1. The van der Waals surface area contributed by atoms with E-state index in [-0.39, 0.29) is 57.2 Å². The van der Waals surface area contributed by atoms with Gasteiger partial charge in [-0.05, 0) is 82.6 Å². The molecule has 322 valence electrons. The summed E-state index contributed by atoms with van der Waals surface area (Å²) in [5.74, 6) is -3.90. The Morgan fingerprint density at radius 1 is 0.780 bits per heavy atom. The molecule has 0 saturated carbocycles. The van der Waals surface area contributed by atoms with Gasteiger partial charge in [0.2, 0.25) is 11.8 Å². The van der Waals surface area contributed by atoms with Gasteiger partial charge in [-0.2, -0.15) is 0 Å². The minimum absolute atomic E-state index is 0.0314. The number of carbonyl (C=O) groups excluding carboxylic acids is 7. The third-order valence-corrected chi connectivity index (χ3v) is 9.87. The van der Waals surface area contributed by atoms with Crippen LogP contribution in [0.25, 0.3) is 11.1 Å². The lowest BCUT2D eigenvalue weighted by Gasteiger charge is -2.38. The summed E-state index contributed by atoms with van der Waals surface area (Å²) in [6, 6.07) is 13.5. The van der Waals surface area contributed by atoms with Crippen LogP contribution >= 0.6 is 0 Å². The number of benzene rings is 2. The molecular formula is C45H61N3O11. The maximum Gasteiger partial charge on any atom is 0.410 e. The van der Waals surface area contributed by atoms with E-state index in [1.807, 2.05) is 62.4 Å². The molecule has 1 aliphatic heterocycles. The lowest BCUT2D eigenvalue weighted by atomic mass is 9.97.